The van der Waals surface area contributed by atoms with Gasteiger partial charge >= 0.3 is 0 Å². The highest BCUT2D eigenvalue weighted by Gasteiger charge is 2.26. The molecule has 0 nitrogen and oxygen atoms in total. The zero-order chi connectivity index (χ0) is 11.5. The lowest BCUT2D eigenvalue weighted by Gasteiger charge is -2.32. The summed E-state index contributed by atoms with van der Waals surface area (Å²) >= 11 is 0. The van der Waals surface area contributed by atoms with Gasteiger partial charge in [-0.1, -0.05) is 37.1 Å². The Morgan fingerprint density at radius 3 is 2.60 bits per heavy atom. The van der Waals surface area contributed by atoms with E-state index in [1.807, 2.05) is 0 Å². The fraction of sp³-hybridized carbons (Fsp3) is 0.571. The largest absolute Gasteiger partial charge is 0.129 e. The molecule has 15 heavy (non-hydrogen) atoms. The van der Waals surface area contributed by atoms with Crippen molar-refractivity contribution in [1.82, 2.24) is 0 Å². The SMILES string of the molecule is B/C=C(C)/C=C/C1=C(C)CCCC1(C)C. The van der Waals surface area contributed by atoms with Crippen LogP contribution >= 0.6 is 0 Å². The van der Waals surface area contributed by atoms with Crippen molar-refractivity contribution in [3.63, 3.8) is 0 Å². The van der Waals surface area contributed by atoms with Crippen LogP contribution in [0.1, 0.15) is 47.0 Å². The summed E-state index contributed by atoms with van der Waals surface area (Å²) in [5.41, 5.74) is 4.84. The molecule has 0 saturated carbocycles. The second-order valence-electron chi connectivity index (χ2n) is 5.30. The van der Waals surface area contributed by atoms with Crippen molar-refractivity contribution in [2.45, 2.75) is 47.0 Å². The molecular weight excluding hydrogens is 179 g/mol. The molecule has 0 fully saturated rings. The van der Waals surface area contributed by atoms with E-state index in [1.165, 1.54) is 24.8 Å². The highest BCUT2D eigenvalue weighted by molar-refractivity contribution is 6.17. The first kappa shape index (κ1) is 12.4. The van der Waals surface area contributed by atoms with Gasteiger partial charge in [-0.05, 0) is 44.1 Å². The average Bonchev–Trinajstić information content (AvgIpc) is 2.15. The molecule has 0 amide bonds. The number of hydrogen-bond acceptors (Lipinski definition) is 0. The molecule has 0 unspecified atom stereocenters. The molecule has 0 N–H and O–H groups in total. The lowest BCUT2D eigenvalue weighted by Crippen LogP contribution is -2.19. The van der Waals surface area contributed by atoms with Crippen LogP contribution in [0.3, 0.4) is 0 Å². The van der Waals surface area contributed by atoms with Crippen LogP contribution in [0.5, 0.6) is 0 Å². The van der Waals surface area contributed by atoms with E-state index in [0.717, 1.165) is 0 Å². The lowest BCUT2D eigenvalue weighted by molar-refractivity contribution is 0.377. The molecule has 0 saturated heterocycles. The van der Waals surface area contributed by atoms with Gasteiger partial charge in [0.25, 0.3) is 0 Å². The molecule has 1 heteroatoms. The second kappa shape index (κ2) is 4.87. The van der Waals surface area contributed by atoms with Gasteiger partial charge in [-0.3, -0.25) is 0 Å². The smallest absolute Gasteiger partial charge is 0.121 e. The van der Waals surface area contributed by atoms with Crippen LogP contribution in [0.25, 0.3) is 0 Å². The van der Waals surface area contributed by atoms with Crippen molar-refractivity contribution in [2.24, 2.45) is 5.41 Å². The summed E-state index contributed by atoms with van der Waals surface area (Å²) in [5.74, 6) is 2.15. The summed E-state index contributed by atoms with van der Waals surface area (Å²) in [6.45, 7) is 9.16. The summed E-state index contributed by atoms with van der Waals surface area (Å²) in [4.78, 5) is 0. The standard InChI is InChI=1S/C14H23B/c1-11(10-15)7-8-13-12(2)6-5-9-14(13,3)4/h7-8,10H,5-6,9,15H2,1-4H3/b8-7+,11-10+. The summed E-state index contributed by atoms with van der Waals surface area (Å²) in [6.07, 6.45) is 8.51. The van der Waals surface area contributed by atoms with Crippen LogP contribution in [0.15, 0.2) is 34.8 Å². The maximum absolute atomic E-state index is 2.36. The normalized spacial score (nSPS) is 22.5. The Kier molecular flexibility index (Phi) is 4.01. The Hall–Kier alpha value is -0.715. The van der Waals surface area contributed by atoms with Gasteiger partial charge < -0.3 is 0 Å². The molecule has 1 aliphatic rings. The Morgan fingerprint density at radius 2 is 2.07 bits per heavy atom. The third-order valence-corrected chi connectivity index (χ3v) is 3.51. The van der Waals surface area contributed by atoms with Crippen LogP contribution in [0, 0.1) is 5.41 Å². The molecule has 0 heterocycles. The molecule has 0 spiro atoms. The predicted octanol–water partition coefficient (Wildman–Crippen LogP) is 3.61. The molecule has 1 rings (SSSR count). The van der Waals surface area contributed by atoms with Crippen molar-refractivity contribution in [2.75, 3.05) is 0 Å². The van der Waals surface area contributed by atoms with Gasteiger partial charge in [0.1, 0.15) is 7.85 Å². The van der Waals surface area contributed by atoms with Crippen LogP contribution in [-0.4, -0.2) is 7.85 Å². The van der Waals surface area contributed by atoms with Gasteiger partial charge in [0.15, 0.2) is 0 Å². The third kappa shape index (κ3) is 3.12. The number of rotatable bonds is 2. The van der Waals surface area contributed by atoms with E-state index in [9.17, 15) is 0 Å². The minimum Gasteiger partial charge on any atom is -0.121 e. The fourth-order valence-electron chi connectivity index (χ4n) is 2.32. The molecule has 82 valence electrons. The third-order valence-electron chi connectivity index (χ3n) is 3.51. The molecule has 0 atom stereocenters. The maximum atomic E-state index is 2.36. The predicted molar refractivity (Wildman–Crippen MR) is 71.8 cm³/mol. The summed E-state index contributed by atoms with van der Waals surface area (Å²) in [6, 6.07) is 0. The van der Waals surface area contributed by atoms with Crippen LogP contribution in [0.4, 0.5) is 0 Å². The highest BCUT2D eigenvalue weighted by Crippen LogP contribution is 2.40. The fourth-order valence-corrected chi connectivity index (χ4v) is 2.32. The Balaban J connectivity index is 2.95. The van der Waals surface area contributed by atoms with Gasteiger partial charge in [0, 0.05) is 0 Å². The van der Waals surface area contributed by atoms with Crippen LogP contribution in [0.2, 0.25) is 0 Å². The lowest BCUT2D eigenvalue weighted by atomic mass is 9.72. The van der Waals surface area contributed by atoms with E-state index in [0.29, 0.717) is 5.41 Å². The topological polar surface area (TPSA) is 0 Å². The van der Waals surface area contributed by atoms with Crippen molar-refractivity contribution in [1.29, 1.82) is 0 Å². The summed E-state index contributed by atoms with van der Waals surface area (Å²) in [5, 5.41) is 0. The van der Waals surface area contributed by atoms with E-state index in [-0.39, 0.29) is 0 Å². The first-order valence-electron chi connectivity index (χ1n) is 5.98. The van der Waals surface area contributed by atoms with Crippen molar-refractivity contribution < 1.29 is 0 Å². The molecule has 0 aliphatic heterocycles. The minimum atomic E-state index is 0.368. The first-order chi connectivity index (χ1) is 6.97. The average molecular weight is 202 g/mol. The first-order valence-corrected chi connectivity index (χ1v) is 5.98. The quantitative estimate of drug-likeness (QED) is 0.474. The van der Waals surface area contributed by atoms with Crippen LogP contribution < -0.4 is 0 Å². The van der Waals surface area contributed by atoms with E-state index in [4.69, 9.17) is 0 Å². The Bertz CT molecular complexity index is 316. The molecule has 0 aromatic carbocycles. The minimum absolute atomic E-state index is 0.368. The monoisotopic (exact) mass is 202 g/mol. The van der Waals surface area contributed by atoms with Gasteiger partial charge in [-0.2, -0.15) is 0 Å². The molecule has 0 aromatic heterocycles. The molecule has 0 radical (unpaired) electrons. The highest BCUT2D eigenvalue weighted by atomic mass is 14.3. The van der Waals surface area contributed by atoms with E-state index in [1.54, 1.807) is 11.1 Å². The summed E-state index contributed by atoms with van der Waals surface area (Å²) in [7, 11) is 2.09. The van der Waals surface area contributed by atoms with Crippen molar-refractivity contribution in [3.8, 4) is 0 Å². The van der Waals surface area contributed by atoms with Crippen molar-refractivity contribution >= 4 is 7.85 Å². The Morgan fingerprint density at radius 1 is 1.40 bits per heavy atom. The van der Waals surface area contributed by atoms with Gasteiger partial charge in [0.2, 0.25) is 0 Å². The molecule has 0 aromatic rings. The Labute approximate surface area is 95.6 Å². The molecule has 0 bridgehead atoms. The van der Waals surface area contributed by atoms with Gasteiger partial charge in [-0.25, -0.2) is 0 Å². The van der Waals surface area contributed by atoms with E-state index >= 15 is 0 Å². The molecule has 1 aliphatic carbocycles. The zero-order valence-electron chi connectivity index (χ0n) is 10.9. The second-order valence-corrected chi connectivity index (χ2v) is 5.30. The summed E-state index contributed by atoms with van der Waals surface area (Å²) < 4.78 is 0. The van der Waals surface area contributed by atoms with E-state index < -0.39 is 0 Å². The molecular formula is C14H23B. The van der Waals surface area contributed by atoms with Gasteiger partial charge in [-0.15, -0.1) is 5.98 Å². The maximum Gasteiger partial charge on any atom is 0.129 e. The van der Waals surface area contributed by atoms with Crippen LogP contribution in [-0.2, 0) is 0 Å². The number of allylic oxidation sites excluding steroid dienone is 5. The van der Waals surface area contributed by atoms with E-state index in [2.05, 4.69) is 53.7 Å². The number of hydrogen-bond donors (Lipinski definition) is 0. The van der Waals surface area contributed by atoms with Crippen molar-refractivity contribution in [3.05, 3.63) is 34.8 Å². The van der Waals surface area contributed by atoms with Gasteiger partial charge in [0.05, 0.1) is 0 Å². The zero-order valence-corrected chi connectivity index (χ0v) is 10.9.